The van der Waals surface area contributed by atoms with Gasteiger partial charge in [0.15, 0.2) is 5.78 Å². The number of hydrogen-bond donors (Lipinski definition) is 1. The Balaban J connectivity index is 3.03. The Morgan fingerprint density at radius 2 is 1.90 bits per heavy atom. The Labute approximate surface area is 118 Å². The van der Waals surface area contributed by atoms with E-state index in [0.717, 1.165) is 0 Å². The first-order chi connectivity index (χ1) is 9.29. The van der Waals surface area contributed by atoms with Gasteiger partial charge in [0.2, 0.25) is 0 Å². The van der Waals surface area contributed by atoms with Crippen LogP contribution in [0.25, 0.3) is 0 Å². The molecule has 1 aromatic rings. The van der Waals surface area contributed by atoms with E-state index in [2.05, 4.69) is 10.1 Å². The van der Waals surface area contributed by atoms with Gasteiger partial charge in [-0.25, -0.2) is 0 Å². The SMILES string of the molecule is CC(C)CC(=O)c1ccc(OC(F)F)c(NC(C)C)c1. The van der Waals surface area contributed by atoms with Gasteiger partial charge in [-0.1, -0.05) is 13.8 Å². The molecule has 0 bridgehead atoms. The molecule has 5 heteroatoms. The molecule has 1 aromatic carbocycles. The van der Waals surface area contributed by atoms with Crippen molar-refractivity contribution in [2.24, 2.45) is 5.92 Å². The lowest BCUT2D eigenvalue weighted by Gasteiger charge is -2.16. The van der Waals surface area contributed by atoms with Crippen molar-refractivity contribution in [1.82, 2.24) is 0 Å². The number of hydrogen-bond acceptors (Lipinski definition) is 3. The summed E-state index contributed by atoms with van der Waals surface area (Å²) in [5.74, 6) is 0.297. The van der Waals surface area contributed by atoms with Gasteiger partial charge < -0.3 is 10.1 Å². The molecular weight excluding hydrogens is 264 g/mol. The summed E-state index contributed by atoms with van der Waals surface area (Å²) >= 11 is 0. The number of halogens is 2. The lowest BCUT2D eigenvalue weighted by Crippen LogP contribution is -2.13. The van der Waals surface area contributed by atoms with Crippen LogP contribution in [0.1, 0.15) is 44.5 Å². The van der Waals surface area contributed by atoms with Crippen LogP contribution in [0.15, 0.2) is 18.2 Å². The van der Waals surface area contributed by atoms with Crippen LogP contribution >= 0.6 is 0 Å². The van der Waals surface area contributed by atoms with Crippen LogP contribution in [0.3, 0.4) is 0 Å². The molecule has 0 aliphatic rings. The number of alkyl halides is 2. The smallest absolute Gasteiger partial charge is 0.387 e. The van der Waals surface area contributed by atoms with Crippen molar-refractivity contribution in [2.45, 2.75) is 46.8 Å². The molecule has 0 fully saturated rings. The van der Waals surface area contributed by atoms with Crippen molar-refractivity contribution in [1.29, 1.82) is 0 Å². The maximum atomic E-state index is 12.4. The minimum atomic E-state index is -2.89. The average molecular weight is 285 g/mol. The van der Waals surface area contributed by atoms with E-state index in [1.54, 1.807) is 6.07 Å². The summed E-state index contributed by atoms with van der Waals surface area (Å²) in [5.41, 5.74) is 0.915. The zero-order valence-corrected chi connectivity index (χ0v) is 12.2. The summed E-state index contributed by atoms with van der Waals surface area (Å²) in [4.78, 5) is 12.0. The molecule has 0 atom stereocenters. The van der Waals surface area contributed by atoms with Gasteiger partial charge in [-0.05, 0) is 38.0 Å². The van der Waals surface area contributed by atoms with E-state index >= 15 is 0 Å². The van der Waals surface area contributed by atoms with Crippen molar-refractivity contribution >= 4 is 11.5 Å². The monoisotopic (exact) mass is 285 g/mol. The van der Waals surface area contributed by atoms with Crippen molar-refractivity contribution in [3.8, 4) is 5.75 Å². The molecule has 1 N–H and O–H groups in total. The first kappa shape index (κ1) is 16.4. The van der Waals surface area contributed by atoms with E-state index in [4.69, 9.17) is 0 Å². The van der Waals surface area contributed by atoms with E-state index in [-0.39, 0.29) is 23.5 Å². The van der Waals surface area contributed by atoms with Gasteiger partial charge in [0.25, 0.3) is 0 Å². The summed E-state index contributed by atoms with van der Waals surface area (Å²) < 4.78 is 29.2. The van der Waals surface area contributed by atoms with E-state index in [1.165, 1.54) is 12.1 Å². The van der Waals surface area contributed by atoms with Gasteiger partial charge in [-0.3, -0.25) is 4.79 Å². The molecule has 20 heavy (non-hydrogen) atoms. The molecule has 0 aliphatic heterocycles. The number of ether oxygens (including phenoxy) is 1. The van der Waals surface area contributed by atoms with E-state index in [9.17, 15) is 13.6 Å². The Morgan fingerprint density at radius 1 is 1.25 bits per heavy atom. The number of anilines is 1. The van der Waals surface area contributed by atoms with Crippen LogP contribution in [0.4, 0.5) is 14.5 Å². The summed E-state index contributed by atoms with van der Waals surface area (Å²) in [6.45, 7) is 4.79. The van der Waals surface area contributed by atoms with Crippen molar-refractivity contribution in [3.63, 3.8) is 0 Å². The van der Waals surface area contributed by atoms with Crippen LogP contribution < -0.4 is 10.1 Å². The second-order valence-electron chi connectivity index (χ2n) is 5.41. The van der Waals surface area contributed by atoms with Crippen molar-refractivity contribution < 1.29 is 18.3 Å². The zero-order valence-electron chi connectivity index (χ0n) is 12.2. The van der Waals surface area contributed by atoms with Gasteiger partial charge in [-0.2, -0.15) is 8.78 Å². The van der Waals surface area contributed by atoms with Gasteiger partial charge in [0, 0.05) is 18.0 Å². The van der Waals surface area contributed by atoms with Crippen LogP contribution in [0, 0.1) is 5.92 Å². The molecule has 0 spiro atoms. The third-order valence-electron chi connectivity index (χ3n) is 2.56. The van der Waals surface area contributed by atoms with Crippen molar-refractivity contribution in [2.75, 3.05) is 5.32 Å². The molecule has 3 nitrogen and oxygen atoms in total. The number of benzene rings is 1. The number of carbonyl (C=O) groups excluding carboxylic acids is 1. The topological polar surface area (TPSA) is 38.3 Å². The van der Waals surface area contributed by atoms with Gasteiger partial charge >= 0.3 is 6.61 Å². The molecule has 0 unspecified atom stereocenters. The number of carbonyl (C=O) groups is 1. The molecule has 0 saturated heterocycles. The lowest BCUT2D eigenvalue weighted by molar-refractivity contribution is -0.0493. The standard InChI is InChI=1S/C15H21F2NO2/c1-9(2)7-13(19)11-5-6-14(20-15(16)17)12(8-11)18-10(3)4/h5-6,8-10,15,18H,7H2,1-4H3. The number of ketones is 1. The second kappa shape index (κ2) is 7.22. The summed E-state index contributed by atoms with van der Waals surface area (Å²) in [6.07, 6.45) is 0.427. The highest BCUT2D eigenvalue weighted by atomic mass is 19.3. The predicted octanol–water partition coefficient (Wildman–Crippen LogP) is 4.34. The molecule has 0 saturated carbocycles. The Hall–Kier alpha value is -1.65. The Kier molecular flexibility index (Phi) is 5.92. The van der Waals surface area contributed by atoms with Crippen molar-refractivity contribution in [3.05, 3.63) is 23.8 Å². The third-order valence-corrected chi connectivity index (χ3v) is 2.56. The number of rotatable bonds is 7. The average Bonchev–Trinajstić information content (AvgIpc) is 2.29. The fraction of sp³-hybridized carbons (Fsp3) is 0.533. The van der Waals surface area contributed by atoms with Gasteiger partial charge in [0.1, 0.15) is 5.75 Å². The van der Waals surface area contributed by atoms with Gasteiger partial charge in [0.05, 0.1) is 5.69 Å². The van der Waals surface area contributed by atoms with E-state index in [1.807, 2.05) is 27.7 Å². The minimum Gasteiger partial charge on any atom is -0.433 e. The normalized spacial score (nSPS) is 11.2. The fourth-order valence-electron chi connectivity index (χ4n) is 1.81. The quantitative estimate of drug-likeness (QED) is 0.757. The second-order valence-corrected chi connectivity index (χ2v) is 5.41. The molecule has 0 radical (unpaired) electrons. The highest BCUT2D eigenvalue weighted by Gasteiger charge is 2.15. The van der Waals surface area contributed by atoms with Crippen LogP contribution in [0.2, 0.25) is 0 Å². The van der Waals surface area contributed by atoms with Crippen LogP contribution in [-0.4, -0.2) is 18.4 Å². The summed E-state index contributed by atoms with van der Waals surface area (Å²) in [5, 5.41) is 3.02. The maximum Gasteiger partial charge on any atom is 0.387 e. The highest BCUT2D eigenvalue weighted by molar-refractivity contribution is 5.97. The molecule has 112 valence electrons. The predicted molar refractivity (Wildman–Crippen MR) is 75.6 cm³/mol. The molecular formula is C15H21F2NO2. The third kappa shape index (κ3) is 5.15. The van der Waals surface area contributed by atoms with Crippen LogP contribution in [-0.2, 0) is 0 Å². The summed E-state index contributed by atoms with van der Waals surface area (Å²) in [6, 6.07) is 4.55. The number of nitrogens with one attached hydrogen (secondary N) is 1. The van der Waals surface area contributed by atoms with E-state index in [0.29, 0.717) is 17.7 Å². The fourth-order valence-corrected chi connectivity index (χ4v) is 1.81. The molecule has 1 rings (SSSR count). The number of Topliss-reactive ketones (excluding diaryl/α,β-unsaturated/α-hetero) is 1. The van der Waals surface area contributed by atoms with E-state index < -0.39 is 6.61 Å². The van der Waals surface area contributed by atoms with Crippen LogP contribution in [0.5, 0.6) is 5.75 Å². The Morgan fingerprint density at radius 3 is 2.40 bits per heavy atom. The summed E-state index contributed by atoms with van der Waals surface area (Å²) in [7, 11) is 0. The molecule has 0 aliphatic carbocycles. The molecule has 0 aromatic heterocycles. The zero-order chi connectivity index (χ0) is 15.3. The molecule has 0 amide bonds. The molecule has 0 heterocycles. The highest BCUT2D eigenvalue weighted by Crippen LogP contribution is 2.28. The Bertz CT molecular complexity index is 459. The van der Waals surface area contributed by atoms with Gasteiger partial charge in [-0.15, -0.1) is 0 Å². The largest absolute Gasteiger partial charge is 0.433 e. The first-order valence-electron chi connectivity index (χ1n) is 6.68. The minimum absolute atomic E-state index is 0.00426. The lowest BCUT2D eigenvalue weighted by atomic mass is 10.0. The first-order valence-corrected chi connectivity index (χ1v) is 6.68. The maximum absolute atomic E-state index is 12.4.